The second kappa shape index (κ2) is 11.9. The fourth-order valence-electron chi connectivity index (χ4n) is 0.890. The van der Waals surface area contributed by atoms with E-state index in [1.165, 1.54) is 0 Å². The second-order valence-electron chi connectivity index (χ2n) is 3.31. The molecule has 92 valence electrons. The minimum Gasteiger partial charge on any atom is -0.382 e. The Morgan fingerprint density at radius 2 is 1.40 bits per heavy atom. The summed E-state index contributed by atoms with van der Waals surface area (Å²) >= 11 is 0. The predicted octanol–water partition coefficient (Wildman–Crippen LogP) is 1.48. The molecule has 0 bridgehead atoms. The average Bonchev–Trinajstić information content (AvgIpc) is 2.26. The monoisotopic (exact) mass is 220 g/mol. The molecule has 0 heterocycles. The fraction of sp³-hybridized carbons (Fsp3) is 1.00. The molecule has 0 aliphatic heterocycles. The first-order valence-electron chi connectivity index (χ1n) is 5.57. The quantitative estimate of drug-likeness (QED) is 0.494. The molecule has 0 aromatic heterocycles. The van der Waals surface area contributed by atoms with Crippen molar-refractivity contribution in [1.29, 1.82) is 0 Å². The molecule has 0 aliphatic rings. The fourth-order valence-corrected chi connectivity index (χ4v) is 0.890. The van der Waals surface area contributed by atoms with E-state index in [0.717, 1.165) is 6.42 Å². The summed E-state index contributed by atoms with van der Waals surface area (Å²) in [4.78, 5) is 0. The average molecular weight is 220 g/mol. The van der Waals surface area contributed by atoms with E-state index in [1.807, 2.05) is 0 Å². The zero-order chi connectivity index (χ0) is 11.4. The summed E-state index contributed by atoms with van der Waals surface area (Å²) in [6, 6.07) is 0. The number of methoxy groups -OCH3 is 1. The number of hydrogen-bond donors (Lipinski definition) is 0. The molecule has 15 heavy (non-hydrogen) atoms. The van der Waals surface area contributed by atoms with Gasteiger partial charge in [0.25, 0.3) is 0 Å². The van der Waals surface area contributed by atoms with E-state index in [1.54, 1.807) is 7.11 Å². The van der Waals surface area contributed by atoms with Crippen LogP contribution in [0.5, 0.6) is 0 Å². The maximum atomic E-state index is 5.45. The topological polar surface area (TPSA) is 36.9 Å². The molecule has 0 saturated carbocycles. The van der Waals surface area contributed by atoms with Crippen molar-refractivity contribution in [3.63, 3.8) is 0 Å². The Balaban J connectivity index is 2.92. The van der Waals surface area contributed by atoms with Gasteiger partial charge < -0.3 is 18.9 Å². The van der Waals surface area contributed by atoms with E-state index in [-0.39, 0.29) is 0 Å². The van der Waals surface area contributed by atoms with Gasteiger partial charge >= 0.3 is 0 Å². The Morgan fingerprint density at radius 1 is 0.867 bits per heavy atom. The highest BCUT2D eigenvalue weighted by molar-refractivity contribution is 4.43. The smallest absolute Gasteiger partial charge is 0.0704 e. The zero-order valence-electron chi connectivity index (χ0n) is 10.2. The Kier molecular flexibility index (Phi) is 11.8. The maximum absolute atomic E-state index is 5.45. The minimum absolute atomic E-state index is 0.326. The van der Waals surface area contributed by atoms with E-state index in [4.69, 9.17) is 18.9 Å². The summed E-state index contributed by atoms with van der Waals surface area (Å²) in [5.41, 5.74) is 0. The van der Waals surface area contributed by atoms with E-state index in [0.29, 0.717) is 45.7 Å². The standard InChI is InChI=1S/C11H24O4/c1-4-11(2)15-10-9-14-8-7-13-6-5-12-3/h11H,4-10H2,1-3H3. The Bertz CT molecular complexity index is 119. The van der Waals surface area contributed by atoms with Crippen molar-refractivity contribution >= 4 is 0 Å². The molecule has 0 amide bonds. The van der Waals surface area contributed by atoms with Crippen molar-refractivity contribution in [3.8, 4) is 0 Å². The summed E-state index contributed by atoms with van der Waals surface area (Å²) in [5.74, 6) is 0. The van der Waals surface area contributed by atoms with Gasteiger partial charge in [0, 0.05) is 7.11 Å². The van der Waals surface area contributed by atoms with Gasteiger partial charge in [-0.05, 0) is 13.3 Å². The normalized spacial score (nSPS) is 13.0. The molecule has 4 nitrogen and oxygen atoms in total. The van der Waals surface area contributed by atoms with Crippen LogP contribution in [0.3, 0.4) is 0 Å². The lowest BCUT2D eigenvalue weighted by Crippen LogP contribution is -2.14. The number of hydrogen-bond acceptors (Lipinski definition) is 4. The minimum atomic E-state index is 0.326. The zero-order valence-corrected chi connectivity index (χ0v) is 10.2. The van der Waals surface area contributed by atoms with Gasteiger partial charge in [-0.15, -0.1) is 0 Å². The SMILES string of the molecule is CCC(C)OCCOCCOCCOC. The lowest BCUT2D eigenvalue weighted by molar-refractivity contribution is -0.0125. The maximum Gasteiger partial charge on any atom is 0.0704 e. The lowest BCUT2D eigenvalue weighted by atomic mass is 10.3. The van der Waals surface area contributed by atoms with Crippen molar-refractivity contribution in [2.45, 2.75) is 26.4 Å². The third-order valence-corrected chi connectivity index (χ3v) is 2.01. The van der Waals surface area contributed by atoms with Crippen LogP contribution < -0.4 is 0 Å². The van der Waals surface area contributed by atoms with Crippen molar-refractivity contribution in [2.75, 3.05) is 46.8 Å². The van der Waals surface area contributed by atoms with Crippen LogP contribution in [0.2, 0.25) is 0 Å². The van der Waals surface area contributed by atoms with Gasteiger partial charge in [0.1, 0.15) is 0 Å². The van der Waals surface area contributed by atoms with Crippen molar-refractivity contribution in [3.05, 3.63) is 0 Å². The molecule has 0 aromatic carbocycles. The summed E-state index contributed by atoms with van der Waals surface area (Å²) in [6.07, 6.45) is 1.37. The molecule has 0 fully saturated rings. The molecule has 0 rings (SSSR count). The lowest BCUT2D eigenvalue weighted by Gasteiger charge is -2.10. The summed E-state index contributed by atoms with van der Waals surface area (Å²) in [7, 11) is 1.66. The molecular formula is C11H24O4. The van der Waals surface area contributed by atoms with E-state index in [9.17, 15) is 0 Å². The highest BCUT2D eigenvalue weighted by Crippen LogP contribution is 1.94. The summed E-state index contributed by atoms with van der Waals surface area (Å²) in [5, 5.41) is 0. The van der Waals surface area contributed by atoms with E-state index < -0.39 is 0 Å². The molecule has 1 unspecified atom stereocenters. The van der Waals surface area contributed by atoms with Crippen molar-refractivity contribution in [2.24, 2.45) is 0 Å². The largest absolute Gasteiger partial charge is 0.382 e. The van der Waals surface area contributed by atoms with Crippen LogP contribution in [0.1, 0.15) is 20.3 Å². The van der Waals surface area contributed by atoms with Gasteiger partial charge in [-0.1, -0.05) is 6.92 Å². The van der Waals surface area contributed by atoms with Crippen LogP contribution in [-0.2, 0) is 18.9 Å². The van der Waals surface area contributed by atoms with Crippen LogP contribution in [0.25, 0.3) is 0 Å². The van der Waals surface area contributed by atoms with Gasteiger partial charge in [-0.25, -0.2) is 0 Å². The van der Waals surface area contributed by atoms with Crippen LogP contribution in [-0.4, -0.2) is 52.9 Å². The van der Waals surface area contributed by atoms with Gasteiger partial charge in [0.2, 0.25) is 0 Å². The third kappa shape index (κ3) is 11.8. The van der Waals surface area contributed by atoms with Crippen LogP contribution in [0.4, 0.5) is 0 Å². The van der Waals surface area contributed by atoms with Gasteiger partial charge in [0.05, 0.1) is 45.7 Å². The van der Waals surface area contributed by atoms with Crippen LogP contribution in [0.15, 0.2) is 0 Å². The third-order valence-electron chi connectivity index (χ3n) is 2.01. The summed E-state index contributed by atoms with van der Waals surface area (Å²) < 4.78 is 20.8. The van der Waals surface area contributed by atoms with Crippen LogP contribution in [0, 0.1) is 0 Å². The first-order chi connectivity index (χ1) is 7.31. The number of ether oxygens (including phenoxy) is 4. The molecule has 4 heteroatoms. The Morgan fingerprint density at radius 3 is 1.93 bits per heavy atom. The Hall–Kier alpha value is -0.160. The van der Waals surface area contributed by atoms with Crippen molar-refractivity contribution < 1.29 is 18.9 Å². The number of rotatable bonds is 11. The molecule has 0 saturated heterocycles. The molecule has 0 N–H and O–H groups in total. The van der Waals surface area contributed by atoms with E-state index in [2.05, 4.69) is 13.8 Å². The first kappa shape index (κ1) is 14.8. The molecule has 0 spiro atoms. The molecule has 0 radical (unpaired) electrons. The highest BCUT2D eigenvalue weighted by atomic mass is 16.6. The molecule has 0 aromatic rings. The van der Waals surface area contributed by atoms with E-state index >= 15 is 0 Å². The highest BCUT2D eigenvalue weighted by Gasteiger charge is 1.97. The molecule has 0 aliphatic carbocycles. The van der Waals surface area contributed by atoms with Gasteiger partial charge in [-0.3, -0.25) is 0 Å². The predicted molar refractivity (Wildman–Crippen MR) is 59.2 cm³/mol. The first-order valence-corrected chi connectivity index (χ1v) is 5.57. The molecule has 1 atom stereocenters. The van der Waals surface area contributed by atoms with Gasteiger partial charge in [0.15, 0.2) is 0 Å². The van der Waals surface area contributed by atoms with Gasteiger partial charge in [-0.2, -0.15) is 0 Å². The van der Waals surface area contributed by atoms with Crippen LogP contribution >= 0.6 is 0 Å². The Labute approximate surface area is 92.8 Å². The summed E-state index contributed by atoms with van der Waals surface area (Å²) in [6.45, 7) is 7.97. The van der Waals surface area contributed by atoms with Crippen molar-refractivity contribution in [1.82, 2.24) is 0 Å². The second-order valence-corrected chi connectivity index (χ2v) is 3.31. The molecular weight excluding hydrogens is 196 g/mol.